The Balaban J connectivity index is 1.46. The number of carbonyl (C=O) groups is 1. The molecule has 0 unspecified atom stereocenters. The number of thiophene rings is 1. The van der Waals surface area contributed by atoms with E-state index in [0.29, 0.717) is 43.7 Å². The molecule has 0 aliphatic carbocycles. The highest BCUT2D eigenvalue weighted by atomic mass is 32.1. The molecule has 2 atom stereocenters. The van der Waals surface area contributed by atoms with Crippen molar-refractivity contribution in [2.24, 2.45) is 11.3 Å². The second-order valence-corrected chi connectivity index (χ2v) is 7.13. The van der Waals surface area contributed by atoms with Crippen LogP contribution in [0.4, 0.5) is 10.3 Å². The molecule has 2 aromatic heterocycles. The summed E-state index contributed by atoms with van der Waals surface area (Å²) < 4.78 is 18.7. The molecular weight excluding hydrogens is 331 g/mol. The van der Waals surface area contributed by atoms with Gasteiger partial charge >= 0.3 is 0 Å². The number of amides is 1. The van der Waals surface area contributed by atoms with Crippen LogP contribution in [0.2, 0.25) is 0 Å². The molecule has 6 nitrogen and oxygen atoms in total. The number of anilines is 1. The fourth-order valence-corrected chi connectivity index (χ4v) is 4.09. The molecule has 24 heavy (non-hydrogen) atoms. The Bertz CT molecular complexity index is 724. The number of ether oxygens (including phenoxy) is 1. The van der Waals surface area contributed by atoms with Gasteiger partial charge in [-0.1, -0.05) is 0 Å². The molecule has 2 aromatic rings. The number of hydrogen-bond acceptors (Lipinski definition) is 6. The fourth-order valence-electron chi connectivity index (χ4n) is 3.46. The van der Waals surface area contributed by atoms with Crippen LogP contribution >= 0.6 is 11.3 Å². The van der Waals surface area contributed by atoms with Crippen molar-refractivity contribution in [2.45, 2.75) is 0 Å². The number of hydrogen-bond donors (Lipinski definition) is 1. The van der Waals surface area contributed by atoms with Crippen molar-refractivity contribution in [1.29, 1.82) is 0 Å². The minimum absolute atomic E-state index is 0.0623. The highest BCUT2D eigenvalue weighted by Gasteiger charge is 2.51. The summed E-state index contributed by atoms with van der Waals surface area (Å²) in [6.07, 6.45) is 2.36. The lowest BCUT2D eigenvalue weighted by molar-refractivity contribution is 0.0920. The van der Waals surface area contributed by atoms with E-state index in [1.165, 1.54) is 23.7 Å². The summed E-state index contributed by atoms with van der Waals surface area (Å²) in [5.74, 6) is 0.315. The lowest BCUT2D eigenvalue weighted by Gasteiger charge is -2.27. The Kier molecular flexibility index (Phi) is 3.93. The quantitative estimate of drug-likeness (QED) is 0.908. The van der Waals surface area contributed by atoms with Crippen LogP contribution in [-0.4, -0.2) is 48.7 Å². The Hall–Kier alpha value is -2.06. The average molecular weight is 348 g/mol. The van der Waals surface area contributed by atoms with Crippen LogP contribution in [0.15, 0.2) is 29.2 Å². The largest absolute Gasteiger partial charge is 0.380 e. The monoisotopic (exact) mass is 348 g/mol. The van der Waals surface area contributed by atoms with E-state index < -0.39 is 5.82 Å². The third-order valence-electron chi connectivity index (χ3n) is 4.80. The lowest BCUT2D eigenvalue weighted by atomic mass is 9.81. The van der Waals surface area contributed by atoms with Gasteiger partial charge in [0.2, 0.25) is 5.95 Å². The zero-order valence-electron chi connectivity index (χ0n) is 12.9. The maximum absolute atomic E-state index is 13.0. The Morgan fingerprint density at radius 1 is 1.50 bits per heavy atom. The first-order valence-corrected chi connectivity index (χ1v) is 8.71. The second-order valence-electron chi connectivity index (χ2n) is 6.35. The number of carbonyl (C=O) groups excluding carboxylic acids is 1. The van der Waals surface area contributed by atoms with Crippen LogP contribution < -0.4 is 10.2 Å². The number of halogens is 1. The zero-order valence-corrected chi connectivity index (χ0v) is 13.8. The Morgan fingerprint density at radius 3 is 3.08 bits per heavy atom. The first-order chi connectivity index (χ1) is 11.7. The maximum Gasteiger partial charge on any atom is 0.252 e. The molecular formula is C16H17FN4O2S. The van der Waals surface area contributed by atoms with E-state index in [-0.39, 0.29) is 11.3 Å². The van der Waals surface area contributed by atoms with E-state index >= 15 is 0 Å². The van der Waals surface area contributed by atoms with Gasteiger partial charge < -0.3 is 15.0 Å². The van der Waals surface area contributed by atoms with Crippen molar-refractivity contribution in [1.82, 2.24) is 15.3 Å². The highest BCUT2D eigenvalue weighted by Crippen LogP contribution is 2.41. The van der Waals surface area contributed by atoms with E-state index in [1.54, 1.807) is 0 Å². The van der Waals surface area contributed by atoms with Crippen LogP contribution in [0.5, 0.6) is 0 Å². The van der Waals surface area contributed by atoms with Gasteiger partial charge in [-0.15, -0.1) is 0 Å². The summed E-state index contributed by atoms with van der Waals surface area (Å²) in [6.45, 7) is 3.24. The number of aromatic nitrogens is 2. The summed E-state index contributed by atoms with van der Waals surface area (Å²) in [7, 11) is 0. The van der Waals surface area contributed by atoms with Gasteiger partial charge in [0, 0.05) is 41.9 Å². The van der Waals surface area contributed by atoms with E-state index in [9.17, 15) is 9.18 Å². The molecule has 4 heterocycles. The fraction of sp³-hybridized carbons (Fsp3) is 0.438. The molecule has 8 heteroatoms. The summed E-state index contributed by atoms with van der Waals surface area (Å²) >= 11 is 1.50. The van der Waals surface area contributed by atoms with E-state index in [4.69, 9.17) is 4.74 Å². The SMILES string of the molecule is O=C(NC[C@@]12COC[C@@H]1CN(c1ncc(F)cn1)C2)c1ccsc1. The van der Waals surface area contributed by atoms with E-state index in [0.717, 1.165) is 6.54 Å². The molecule has 0 saturated carbocycles. The van der Waals surface area contributed by atoms with Crippen LogP contribution in [0.3, 0.4) is 0 Å². The van der Waals surface area contributed by atoms with Crippen molar-refractivity contribution in [3.8, 4) is 0 Å². The highest BCUT2D eigenvalue weighted by molar-refractivity contribution is 7.08. The molecule has 0 radical (unpaired) electrons. The van der Waals surface area contributed by atoms with Crippen LogP contribution in [-0.2, 0) is 4.74 Å². The van der Waals surface area contributed by atoms with Crippen LogP contribution in [0.1, 0.15) is 10.4 Å². The maximum atomic E-state index is 13.0. The minimum Gasteiger partial charge on any atom is -0.380 e. The molecule has 0 bridgehead atoms. The van der Waals surface area contributed by atoms with Crippen molar-refractivity contribution in [2.75, 3.05) is 37.7 Å². The third-order valence-corrected chi connectivity index (χ3v) is 5.48. The molecule has 0 aromatic carbocycles. The lowest BCUT2D eigenvalue weighted by Crippen LogP contribution is -2.43. The summed E-state index contributed by atoms with van der Waals surface area (Å²) in [5.41, 5.74) is 0.534. The average Bonchev–Trinajstić information content (AvgIpc) is 3.29. The number of nitrogens with zero attached hydrogens (tertiary/aromatic N) is 3. The molecule has 2 saturated heterocycles. The normalized spacial score (nSPS) is 25.7. The first-order valence-electron chi connectivity index (χ1n) is 7.77. The van der Waals surface area contributed by atoms with Gasteiger partial charge in [-0.05, 0) is 11.4 Å². The zero-order chi connectivity index (χ0) is 16.6. The number of fused-ring (bicyclic) bond motifs is 1. The summed E-state index contributed by atoms with van der Waals surface area (Å²) in [6, 6.07) is 1.81. The number of nitrogens with one attached hydrogen (secondary N) is 1. The van der Waals surface area contributed by atoms with Crippen molar-refractivity contribution >= 4 is 23.2 Å². The van der Waals surface area contributed by atoms with Gasteiger partial charge in [0.05, 0.1) is 25.6 Å². The Morgan fingerprint density at radius 2 is 2.33 bits per heavy atom. The molecule has 0 spiro atoms. The predicted molar refractivity (Wildman–Crippen MR) is 87.6 cm³/mol. The van der Waals surface area contributed by atoms with Gasteiger partial charge in [-0.3, -0.25) is 4.79 Å². The molecule has 2 aliphatic rings. The smallest absolute Gasteiger partial charge is 0.252 e. The topological polar surface area (TPSA) is 67.3 Å². The van der Waals surface area contributed by atoms with Crippen LogP contribution in [0, 0.1) is 17.2 Å². The van der Waals surface area contributed by atoms with Gasteiger partial charge in [0.25, 0.3) is 5.91 Å². The second kappa shape index (κ2) is 6.10. The molecule has 126 valence electrons. The molecule has 2 fully saturated rings. The standard InChI is InChI=1S/C16H17FN4O2S/c17-13-3-18-15(19-4-13)21-5-12-6-23-10-16(12,9-21)8-20-14(22)11-1-2-24-7-11/h1-4,7,12H,5-6,8-10H2,(H,20,22)/t12-,16+/m0/s1. The molecule has 1 amide bonds. The van der Waals surface area contributed by atoms with Crippen molar-refractivity contribution < 1.29 is 13.9 Å². The van der Waals surface area contributed by atoms with Crippen LogP contribution in [0.25, 0.3) is 0 Å². The Labute approximate surface area is 142 Å². The summed E-state index contributed by atoms with van der Waals surface area (Å²) in [5, 5.41) is 6.75. The van der Waals surface area contributed by atoms with Gasteiger partial charge in [-0.2, -0.15) is 11.3 Å². The first kappa shape index (κ1) is 15.5. The van der Waals surface area contributed by atoms with Gasteiger partial charge in [0.1, 0.15) is 0 Å². The van der Waals surface area contributed by atoms with Crippen molar-refractivity contribution in [3.63, 3.8) is 0 Å². The predicted octanol–water partition coefficient (Wildman–Crippen LogP) is 1.56. The third kappa shape index (κ3) is 2.76. The minimum atomic E-state index is -0.445. The molecule has 2 aliphatic heterocycles. The van der Waals surface area contributed by atoms with E-state index in [2.05, 4.69) is 15.3 Å². The van der Waals surface area contributed by atoms with Gasteiger partial charge in [0.15, 0.2) is 5.82 Å². The summed E-state index contributed by atoms with van der Waals surface area (Å²) in [4.78, 5) is 22.4. The van der Waals surface area contributed by atoms with Crippen molar-refractivity contribution in [3.05, 3.63) is 40.6 Å². The molecule has 1 N–H and O–H groups in total. The van der Waals surface area contributed by atoms with E-state index in [1.807, 2.05) is 21.7 Å². The molecule has 4 rings (SSSR count). The van der Waals surface area contributed by atoms with Gasteiger partial charge in [-0.25, -0.2) is 14.4 Å². The number of rotatable bonds is 4.